The number of rotatable bonds is 8. The van der Waals surface area contributed by atoms with Crippen molar-refractivity contribution in [3.8, 4) is 11.3 Å². The van der Waals surface area contributed by atoms with Gasteiger partial charge in [-0.2, -0.15) is 0 Å². The van der Waals surface area contributed by atoms with E-state index in [4.69, 9.17) is 16.0 Å². The summed E-state index contributed by atoms with van der Waals surface area (Å²) in [4.78, 5) is 29.6. The number of furan rings is 1. The largest absolute Gasteiger partial charge is 0.455 e. The molecule has 3 heterocycles. The van der Waals surface area contributed by atoms with Crippen LogP contribution in [0.2, 0.25) is 5.02 Å². The number of imide groups is 1. The van der Waals surface area contributed by atoms with Crippen LogP contribution < -0.4 is 5.32 Å². The molecule has 2 aliphatic heterocycles. The standard InChI is InChI=1S/C23H28ClN5O4/c1-2-22(28-11-9-27(10-12-28)13-14-30)29(16-21(31)26-23(29)32)25-15-19-7-8-20(33-19)17-3-5-18(24)6-4-17/h3-8,15,22,30H,2,9-14,16H2,1H3/p+1. The first-order valence-electron chi connectivity index (χ1n) is 11.2. The van der Waals surface area contributed by atoms with Gasteiger partial charge in [0.05, 0.1) is 6.61 Å². The number of quaternary nitrogens is 1. The van der Waals surface area contributed by atoms with Gasteiger partial charge in [0.1, 0.15) is 12.0 Å². The summed E-state index contributed by atoms with van der Waals surface area (Å²) in [6.07, 6.45) is 1.89. The summed E-state index contributed by atoms with van der Waals surface area (Å²) >= 11 is 5.96. The van der Waals surface area contributed by atoms with Crippen LogP contribution in [0, 0.1) is 0 Å². The van der Waals surface area contributed by atoms with Crippen molar-refractivity contribution in [2.45, 2.75) is 19.5 Å². The van der Waals surface area contributed by atoms with Gasteiger partial charge in [-0.15, -0.1) is 0 Å². The van der Waals surface area contributed by atoms with Crippen LogP contribution in [-0.4, -0.2) is 89.7 Å². The second kappa shape index (κ2) is 10.1. The maximum Gasteiger partial charge on any atom is 0.451 e. The van der Waals surface area contributed by atoms with E-state index in [0.29, 0.717) is 29.5 Å². The molecule has 2 atom stereocenters. The lowest BCUT2D eigenvalue weighted by Gasteiger charge is -2.42. The van der Waals surface area contributed by atoms with Crippen molar-refractivity contribution in [2.75, 3.05) is 45.9 Å². The van der Waals surface area contributed by atoms with Crippen molar-refractivity contribution in [2.24, 2.45) is 5.10 Å². The van der Waals surface area contributed by atoms with Crippen molar-refractivity contribution < 1.29 is 23.7 Å². The number of halogens is 1. The molecule has 176 valence electrons. The molecule has 2 fully saturated rings. The molecule has 4 rings (SSSR count). The second-order valence-electron chi connectivity index (χ2n) is 8.28. The molecule has 1 aromatic carbocycles. The van der Waals surface area contributed by atoms with Crippen molar-refractivity contribution in [1.29, 1.82) is 0 Å². The molecule has 0 spiro atoms. The lowest BCUT2D eigenvalue weighted by Crippen LogP contribution is -2.63. The van der Waals surface area contributed by atoms with Gasteiger partial charge >= 0.3 is 6.03 Å². The number of benzene rings is 1. The topological polar surface area (TPSA) is 98.4 Å². The molecule has 0 aliphatic carbocycles. The first-order chi connectivity index (χ1) is 15.9. The third-order valence-corrected chi connectivity index (χ3v) is 6.48. The Morgan fingerprint density at radius 2 is 1.91 bits per heavy atom. The molecular weight excluding hydrogens is 446 g/mol. The zero-order valence-corrected chi connectivity index (χ0v) is 19.4. The molecule has 3 amide bonds. The molecule has 0 radical (unpaired) electrons. The number of piperazine rings is 1. The number of nitrogens with one attached hydrogen (secondary N) is 1. The summed E-state index contributed by atoms with van der Waals surface area (Å²) in [6.45, 7) is 5.76. The van der Waals surface area contributed by atoms with E-state index in [-0.39, 0.29) is 29.8 Å². The Labute approximate surface area is 197 Å². The van der Waals surface area contributed by atoms with Gasteiger partial charge in [-0.1, -0.05) is 28.2 Å². The number of carbonyl (C=O) groups excluding carboxylic acids is 2. The number of amides is 3. The van der Waals surface area contributed by atoms with Crippen LogP contribution in [0.15, 0.2) is 45.9 Å². The molecule has 0 bridgehead atoms. The number of carbonyl (C=O) groups is 2. The Hall–Kier alpha value is -2.56. The van der Waals surface area contributed by atoms with Gasteiger partial charge in [0.15, 0.2) is 18.5 Å². The van der Waals surface area contributed by atoms with Gasteiger partial charge in [0, 0.05) is 49.7 Å². The quantitative estimate of drug-likeness (QED) is 0.346. The van der Waals surface area contributed by atoms with Crippen molar-refractivity contribution in [1.82, 2.24) is 15.1 Å². The lowest BCUT2D eigenvalue weighted by molar-refractivity contribution is -0.882. The van der Waals surface area contributed by atoms with Gasteiger partial charge in [-0.05, 0) is 36.4 Å². The fourth-order valence-corrected chi connectivity index (χ4v) is 4.69. The van der Waals surface area contributed by atoms with Gasteiger partial charge in [0.25, 0.3) is 5.91 Å². The number of aliphatic hydroxyl groups is 1. The first-order valence-corrected chi connectivity index (χ1v) is 11.5. The van der Waals surface area contributed by atoms with Crippen LogP contribution in [0.4, 0.5) is 4.79 Å². The molecule has 10 heteroatoms. The number of β-amino-alcohol motifs (C(OH)–C–C–N with tert-alkyl or cyclic N) is 1. The van der Waals surface area contributed by atoms with Crippen molar-refractivity contribution in [3.05, 3.63) is 47.2 Å². The number of aliphatic hydroxyl groups excluding tert-OH is 1. The maximum atomic E-state index is 13.0. The Kier molecular flexibility index (Phi) is 7.26. The number of hydrogen-bond acceptors (Lipinski definition) is 7. The molecule has 33 heavy (non-hydrogen) atoms. The lowest BCUT2D eigenvalue weighted by atomic mass is 10.2. The average Bonchev–Trinajstić information content (AvgIpc) is 3.39. The van der Waals surface area contributed by atoms with Crippen LogP contribution in [0.25, 0.3) is 11.3 Å². The normalized spacial score (nSPS) is 23.4. The Morgan fingerprint density at radius 1 is 1.18 bits per heavy atom. The average molecular weight is 475 g/mol. The number of urea groups is 1. The predicted molar refractivity (Wildman–Crippen MR) is 125 cm³/mol. The molecule has 1 aromatic heterocycles. The number of hydrogen-bond donors (Lipinski definition) is 2. The van der Waals surface area contributed by atoms with Gasteiger partial charge < -0.3 is 9.52 Å². The molecule has 0 saturated carbocycles. The SMILES string of the molecule is CCC(N1CCN(CCO)CC1)[N+]1(N=Cc2ccc(-c3ccc(Cl)cc3)o2)CC(=O)NC1=O. The fraction of sp³-hybridized carbons (Fsp3) is 0.435. The monoisotopic (exact) mass is 474 g/mol. The highest BCUT2D eigenvalue weighted by Crippen LogP contribution is 2.28. The van der Waals surface area contributed by atoms with E-state index in [2.05, 4.69) is 20.2 Å². The highest BCUT2D eigenvalue weighted by Gasteiger charge is 2.55. The van der Waals surface area contributed by atoms with Gasteiger partial charge in [0.2, 0.25) is 0 Å². The summed E-state index contributed by atoms with van der Waals surface area (Å²) in [7, 11) is 0. The van der Waals surface area contributed by atoms with Crippen LogP contribution in [-0.2, 0) is 4.79 Å². The van der Waals surface area contributed by atoms with Gasteiger partial charge in [-0.3, -0.25) is 9.69 Å². The predicted octanol–water partition coefficient (Wildman–Crippen LogP) is 2.35. The summed E-state index contributed by atoms with van der Waals surface area (Å²) in [5.41, 5.74) is 0.879. The molecule has 2 N–H and O–H groups in total. The van der Waals surface area contributed by atoms with E-state index < -0.39 is 6.03 Å². The summed E-state index contributed by atoms with van der Waals surface area (Å²) < 4.78 is 5.56. The zero-order chi connectivity index (χ0) is 23.4. The van der Waals surface area contributed by atoms with E-state index in [1.165, 1.54) is 6.21 Å². The third kappa shape index (κ3) is 5.02. The third-order valence-electron chi connectivity index (χ3n) is 6.23. The Balaban J connectivity index is 1.57. The van der Waals surface area contributed by atoms with E-state index in [0.717, 1.165) is 31.7 Å². The van der Waals surface area contributed by atoms with Crippen molar-refractivity contribution in [3.63, 3.8) is 0 Å². The fourth-order valence-electron chi connectivity index (χ4n) is 4.57. The minimum atomic E-state index is -0.426. The van der Waals surface area contributed by atoms with Crippen molar-refractivity contribution >= 4 is 29.8 Å². The maximum absolute atomic E-state index is 13.0. The van der Waals surface area contributed by atoms with E-state index >= 15 is 0 Å². The molecule has 2 aromatic rings. The van der Waals surface area contributed by atoms with E-state index in [9.17, 15) is 14.7 Å². The highest BCUT2D eigenvalue weighted by molar-refractivity contribution is 6.30. The van der Waals surface area contributed by atoms with E-state index in [1.54, 1.807) is 18.2 Å². The minimum Gasteiger partial charge on any atom is -0.455 e. The Bertz CT molecular complexity index is 1020. The molecule has 2 aliphatic rings. The smallest absolute Gasteiger partial charge is 0.451 e. The highest BCUT2D eigenvalue weighted by atomic mass is 35.5. The van der Waals surface area contributed by atoms with Crippen LogP contribution in [0.3, 0.4) is 0 Å². The van der Waals surface area contributed by atoms with Crippen LogP contribution in [0.5, 0.6) is 0 Å². The molecule has 2 saturated heterocycles. The number of nitrogens with zero attached hydrogens (tertiary/aromatic N) is 4. The summed E-state index contributed by atoms with van der Waals surface area (Å²) in [6, 6.07) is 10.5. The summed E-state index contributed by atoms with van der Waals surface area (Å²) in [5.74, 6) is 0.816. The van der Waals surface area contributed by atoms with E-state index in [1.807, 2.05) is 25.1 Å². The van der Waals surface area contributed by atoms with Crippen LogP contribution in [0.1, 0.15) is 19.1 Å². The molecule has 2 unspecified atom stereocenters. The minimum absolute atomic E-state index is 0.0462. The van der Waals surface area contributed by atoms with Crippen LogP contribution >= 0.6 is 11.6 Å². The zero-order valence-electron chi connectivity index (χ0n) is 18.6. The first kappa shape index (κ1) is 23.6. The summed E-state index contributed by atoms with van der Waals surface area (Å²) in [5, 5.41) is 16.9. The Morgan fingerprint density at radius 3 is 2.52 bits per heavy atom. The molecular formula is C23H29ClN5O4+. The van der Waals surface area contributed by atoms with Gasteiger partial charge in [-0.25, -0.2) is 15.0 Å². The second-order valence-corrected chi connectivity index (χ2v) is 8.72. The molecule has 9 nitrogen and oxygen atoms in total.